The number of nitrogens with two attached hydrogens (primary N) is 1. The summed E-state index contributed by atoms with van der Waals surface area (Å²) in [5, 5.41) is 17.3. The lowest BCUT2D eigenvalue weighted by molar-refractivity contribution is -0.158. The molecule has 1 saturated heterocycles. The number of nitrogens with one attached hydrogen (secondary N) is 1. The summed E-state index contributed by atoms with van der Waals surface area (Å²) < 4.78 is 47.9. The summed E-state index contributed by atoms with van der Waals surface area (Å²) >= 11 is 1.47. The second-order valence-corrected chi connectivity index (χ2v) is 9.12. The molecule has 0 radical (unpaired) electrons. The van der Waals surface area contributed by atoms with E-state index in [0.29, 0.717) is 26.1 Å². The molecule has 1 aliphatic heterocycles. The molecule has 4 rings (SSSR count). The molecule has 0 saturated carbocycles. The predicted molar refractivity (Wildman–Crippen MR) is 125 cm³/mol. The first kappa shape index (κ1) is 24.2. The Kier molecular flexibility index (Phi) is 7.20. The van der Waals surface area contributed by atoms with E-state index in [1.54, 1.807) is 0 Å². The van der Waals surface area contributed by atoms with Crippen LogP contribution in [0.1, 0.15) is 35.0 Å². The van der Waals surface area contributed by atoms with E-state index in [2.05, 4.69) is 10.5 Å². The fourth-order valence-corrected chi connectivity index (χ4v) is 5.23. The average Bonchev–Trinajstić information content (AvgIpc) is 3.35. The van der Waals surface area contributed by atoms with E-state index in [-0.39, 0.29) is 23.5 Å². The normalized spacial score (nSPS) is 17.4. The highest BCUT2D eigenvalue weighted by atomic mass is 32.1. The standard InChI is InChI=1S/C24H25F3N4O2S/c25-24(26,27)20(17-7-4-8-18(13-17)21(28)31-32)29-15-23(9-11-33-12-10-23)22-30-19(14-34-22)16-5-2-1-3-6-16/h1-8,13-14,20,29,32H,9-12,15H2,(H2,28,31). The maximum atomic E-state index is 14.1. The van der Waals surface area contributed by atoms with Crippen LogP contribution in [-0.4, -0.2) is 42.0 Å². The third-order valence-electron chi connectivity index (χ3n) is 6.07. The Bertz CT molecular complexity index is 1130. The minimum Gasteiger partial charge on any atom is -0.409 e. The smallest absolute Gasteiger partial charge is 0.407 e. The lowest BCUT2D eigenvalue weighted by Gasteiger charge is -2.37. The molecule has 1 aliphatic rings. The van der Waals surface area contributed by atoms with Crippen LogP contribution in [0, 0.1) is 0 Å². The van der Waals surface area contributed by atoms with Crippen molar-refractivity contribution in [1.82, 2.24) is 10.3 Å². The number of hydrogen-bond donors (Lipinski definition) is 3. The van der Waals surface area contributed by atoms with Crippen LogP contribution in [0.15, 0.2) is 65.1 Å². The number of halogens is 3. The molecule has 0 bridgehead atoms. The molecule has 0 aliphatic carbocycles. The van der Waals surface area contributed by atoms with Gasteiger partial charge in [0.15, 0.2) is 5.84 Å². The van der Waals surface area contributed by atoms with Crippen molar-refractivity contribution in [1.29, 1.82) is 0 Å². The molecule has 1 unspecified atom stereocenters. The molecular formula is C24H25F3N4O2S. The zero-order chi connectivity index (χ0) is 24.2. The number of rotatable bonds is 7. The Labute approximate surface area is 199 Å². The molecule has 1 atom stereocenters. The number of oxime groups is 1. The molecule has 10 heteroatoms. The molecule has 3 aromatic rings. The number of ether oxygens (including phenoxy) is 1. The fourth-order valence-electron chi connectivity index (χ4n) is 4.14. The molecule has 6 nitrogen and oxygen atoms in total. The quantitative estimate of drug-likeness (QED) is 0.191. The van der Waals surface area contributed by atoms with E-state index >= 15 is 0 Å². The first-order chi connectivity index (χ1) is 16.3. The van der Waals surface area contributed by atoms with Crippen molar-refractivity contribution < 1.29 is 23.1 Å². The van der Waals surface area contributed by atoms with Crippen molar-refractivity contribution >= 4 is 17.2 Å². The Morgan fingerprint density at radius 1 is 1.18 bits per heavy atom. The van der Waals surface area contributed by atoms with Gasteiger partial charge in [-0.1, -0.05) is 53.7 Å². The lowest BCUT2D eigenvalue weighted by atomic mass is 9.80. The van der Waals surface area contributed by atoms with Crippen molar-refractivity contribution in [3.8, 4) is 11.3 Å². The molecule has 0 amide bonds. The van der Waals surface area contributed by atoms with Crippen molar-refractivity contribution in [2.24, 2.45) is 10.9 Å². The van der Waals surface area contributed by atoms with E-state index in [0.717, 1.165) is 16.3 Å². The maximum absolute atomic E-state index is 14.1. The highest BCUT2D eigenvalue weighted by Gasteiger charge is 2.44. The van der Waals surface area contributed by atoms with Gasteiger partial charge >= 0.3 is 6.18 Å². The number of thiazole rings is 1. The van der Waals surface area contributed by atoms with E-state index < -0.39 is 17.6 Å². The van der Waals surface area contributed by atoms with Gasteiger partial charge in [0.05, 0.1) is 5.69 Å². The summed E-state index contributed by atoms with van der Waals surface area (Å²) in [5.41, 5.74) is 6.98. The van der Waals surface area contributed by atoms with Crippen molar-refractivity contribution in [2.45, 2.75) is 30.5 Å². The number of aromatic nitrogens is 1. The van der Waals surface area contributed by atoms with Crippen molar-refractivity contribution in [3.05, 3.63) is 76.1 Å². The van der Waals surface area contributed by atoms with Crippen LogP contribution >= 0.6 is 11.3 Å². The topological polar surface area (TPSA) is 92.8 Å². The first-order valence-corrected chi connectivity index (χ1v) is 11.7. The van der Waals surface area contributed by atoms with E-state index in [9.17, 15) is 13.2 Å². The predicted octanol–water partition coefficient (Wildman–Crippen LogP) is 4.85. The van der Waals surface area contributed by atoms with Gasteiger partial charge in [-0.3, -0.25) is 0 Å². The number of alkyl halides is 3. The van der Waals surface area contributed by atoms with Gasteiger partial charge in [-0.2, -0.15) is 13.2 Å². The van der Waals surface area contributed by atoms with Crippen LogP contribution in [0.5, 0.6) is 0 Å². The van der Waals surface area contributed by atoms with Gasteiger partial charge in [-0.15, -0.1) is 11.3 Å². The third kappa shape index (κ3) is 5.24. The molecule has 1 fully saturated rings. The number of hydrogen-bond acceptors (Lipinski definition) is 6. The first-order valence-electron chi connectivity index (χ1n) is 10.8. The molecule has 1 aromatic heterocycles. The van der Waals surface area contributed by atoms with E-state index in [1.165, 1.54) is 35.6 Å². The Morgan fingerprint density at radius 3 is 2.59 bits per heavy atom. The van der Waals surface area contributed by atoms with Gasteiger partial charge in [0.25, 0.3) is 0 Å². The number of amidine groups is 1. The third-order valence-corrected chi connectivity index (χ3v) is 7.16. The summed E-state index contributed by atoms with van der Waals surface area (Å²) in [6.45, 7) is 0.991. The maximum Gasteiger partial charge on any atom is 0.407 e. The zero-order valence-corrected chi connectivity index (χ0v) is 19.1. The molecule has 34 heavy (non-hydrogen) atoms. The lowest BCUT2D eigenvalue weighted by Crippen LogP contribution is -2.46. The largest absolute Gasteiger partial charge is 0.409 e. The molecule has 4 N–H and O–H groups in total. The minimum atomic E-state index is -4.55. The summed E-state index contributed by atoms with van der Waals surface area (Å²) in [4.78, 5) is 4.82. The van der Waals surface area contributed by atoms with Crippen LogP contribution in [0.25, 0.3) is 11.3 Å². The van der Waals surface area contributed by atoms with Crippen molar-refractivity contribution in [2.75, 3.05) is 19.8 Å². The van der Waals surface area contributed by atoms with Crippen LogP contribution in [0.2, 0.25) is 0 Å². The summed E-state index contributed by atoms with van der Waals surface area (Å²) in [6.07, 6.45) is -3.42. The number of nitrogens with zero attached hydrogens (tertiary/aromatic N) is 2. The van der Waals surface area contributed by atoms with Crippen molar-refractivity contribution in [3.63, 3.8) is 0 Å². The van der Waals surface area contributed by atoms with E-state index in [4.69, 9.17) is 20.7 Å². The Balaban J connectivity index is 1.62. The van der Waals surface area contributed by atoms with Gasteiger partial charge in [-0.25, -0.2) is 4.98 Å². The minimum absolute atomic E-state index is 0.0112. The fraction of sp³-hybridized carbons (Fsp3) is 0.333. The second-order valence-electron chi connectivity index (χ2n) is 8.26. The molecule has 0 spiro atoms. The van der Waals surface area contributed by atoms with E-state index in [1.807, 2.05) is 35.7 Å². The average molecular weight is 491 g/mol. The number of benzene rings is 2. The highest BCUT2D eigenvalue weighted by molar-refractivity contribution is 7.10. The SMILES string of the molecule is N/C(=N/O)c1cccc(C(NCC2(c3nc(-c4ccccc4)cs3)CCOCC2)C(F)(F)F)c1. The van der Waals surface area contributed by atoms with Crippen LogP contribution in [0.3, 0.4) is 0 Å². The second kappa shape index (κ2) is 10.1. The molecule has 180 valence electrons. The summed E-state index contributed by atoms with van der Waals surface area (Å²) in [5.74, 6) is -0.250. The Hall–Kier alpha value is -2.95. The summed E-state index contributed by atoms with van der Waals surface area (Å²) in [7, 11) is 0. The summed E-state index contributed by atoms with van der Waals surface area (Å²) in [6, 6.07) is 13.4. The Morgan fingerprint density at radius 2 is 1.91 bits per heavy atom. The zero-order valence-electron chi connectivity index (χ0n) is 18.3. The van der Waals surface area contributed by atoms with Gasteiger partial charge in [-0.05, 0) is 24.5 Å². The van der Waals surface area contributed by atoms with Crippen LogP contribution < -0.4 is 11.1 Å². The molecule has 2 heterocycles. The van der Waals surface area contributed by atoms with Gasteiger partial charge in [0, 0.05) is 41.7 Å². The van der Waals surface area contributed by atoms with Crippen LogP contribution in [0.4, 0.5) is 13.2 Å². The van der Waals surface area contributed by atoms with Gasteiger partial charge in [0.1, 0.15) is 11.0 Å². The van der Waals surface area contributed by atoms with Gasteiger partial charge < -0.3 is 21.0 Å². The molecule has 2 aromatic carbocycles. The molecular weight excluding hydrogens is 465 g/mol. The highest BCUT2D eigenvalue weighted by Crippen LogP contribution is 2.40. The monoisotopic (exact) mass is 490 g/mol. The van der Waals surface area contributed by atoms with Gasteiger partial charge in [0.2, 0.25) is 0 Å². The van der Waals surface area contributed by atoms with Crippen LogP contribution in [-0.2, 0) is 10.2 Å².